The Kier molecular flexibility index (Phi) is 2.00. The molecule has 0 aliphatic heterocycles. The van der Waals surface area contributed by atoms with Crippen molar-refractivity contribution in [2.75, 3.05) is 0 Å². The summed E-state index contributed by atoms with van der Waals surface area (Å²) >= 11 is 0. The Morgan fingerprint density at radius 2 is 1.80 bits per heavy atom. The van der Waals surface area contributed by atoms with E-state index in [9.17, 15) is 0 Å². The maximum Gasteiger partial charge on any atom is 0.138 e. The summed E-state index contributed by atoms with van der Waals surface area (Å²) in [6.07, 6.45) is 1.77. The molecule has 2 N–H and O–H groups in total. The maximum atomic E-state index is 8.76. The van der Waals surface area contributed by atoms with Crippen LogP contribution in [0.4, 0.5) is 0 Å². The van der Waals surface area contributed by atoms with Crippen LogP contribution in [0.25, 0.3) is 11.8 Å². The molecular formula is C12H7N3. The van der Waals surface area contributed by atoms with Crippen molar-refractivity contribution < 1.29 is 0 Å². The van der Waals surface area contributed by atoms with Gasteiger partial charge in [-0.1, -0.05) is 24.3 Å². The Labute approximate surface area is 86.7 Å². The summed E-state index contributed by atoms with van der Waals surface area (Å²) in [5.41, 5.74) is 6.96. The summed E-state index contributed by atoms with van der Waals surface area (Å²) in [5, 5.41) is 19.4. The molecular weight excluding hydrogens is 186 g/mol. The quantitative estimate of drug-likeness (QED) is 0.584. The third-order valence-corrected chi connectivity index (χ3v) is 2.33. The van der Waals surface area contributed by atoms with Gasteiger partial charge in [0.05, 0.1) is 0 Å². The molecule has 0 atom stereocenters. The van der Waals surface area contributed by atoms with Crippen LogP contribution in [0.2, 0.25) is 0 Å². The predicted octanol–water partition coefficient (Wildman–Crippen LogP) is -0.109. The van der Waals surface area contributed by atoms with Crippen molar-refractivity contribution in [2.45, 2.75) is 0 Å². The molecule has 0 bridgehead atoms. The van der Waals surface area contributed by atoms with E-state index in [0.29, 0.717) is 11.3 Å². The van der Waals surface area contributed by atoms with Crippen LogP contribution in [0.3, 0.4) is 0 Å². The second-order valence-electron chi connectivity index (χ2n) is 3.16. The highest BCUT2D eigenvalue weighted by molar-refractivity contribution is 5.83. The van der Waals surface area contributed by atoms with Crippen LogP contribution in [0.1, 0.15) is 0 Å². The molecule has 0 saturated carbocycles. The maximum absolute atomic E-state index is 8.76. The molecule has 1 aromatic rings. The van der Waals surface area contributed by atoms with E-state index in [1.54, 1.807) is 6.08 Å². The molecule has 0 saturated heterocycles. The highest BCUT2D eigenvalue weighted by Gasteiger charge is 2.12. The first-order valence-electron chi connectivity index (χ1n) is 4.39. The number of benzene rings is 1. The molecule has 0 amide bonds. The Morgan fingerprint density at radius 1 is 1.13 bits per heavy atom. The Bertz CT molecular complexity index is 635. The second-order valence-corrected chi connectivity index (χ2v) is 3.16. The van der Waals surface area contributed by atoms with Gasteiger partial charge >= 0.3 is 0 Å². The predicted molar refractivity (Wildman–Crippen MR) is 56.0 cm³/mol. The minimum absolute atomic E-state index is 0.0590. The molecule has 0 radical (unpaired) electrons. The van der Waals surface area contributed by atoms with E-state index < -0.39 is 0 Å². The van der Waals surface area contributed by atoms with E-state index in [2.05, 4.69) is 0 Å². The van der Waals surface area contributed by atoms with Gasteiger partial charge in [0.2, 0.25) is 0 Å². The lowest BCUT2D eigenvalue weighted by molar-refractivity contribution is 1.43. The van der Waals surface area contributed by atoms with Gasteiger partial charge in [-0.05, 0) is 11.3 Å². The van der Waals surface area contributed by atoms with Gasteiger partial charge in [-0.3, -0.25) is 0 Å². The monoisotopic (exact) mass is 193 g/mol. The van der Waals surface area contributed by atoms with Gasteiger partial charge < -0.3 is 5.73 Å². The minimum atomic E-state index is 0.0590. The molecule has 1 aliphatic carbocycles. The highest BCUT2D eigenvalue weighted by atomic mass is 14.6. The number of nitrogens with zero attached hydrogens (tertiary/aromatic N) is 2. The van der Waals surface area contributed by atoms with Crippen LogP contribution in [0.5, 0.6) is 0 Å². The first-order valence-corrected chi connectivity index (χ1v) is 4.39. The summed E-state index contributed by atoms with van der Waals surface area (Å²) in [7, 11) is 0. The normalized spacial score (nSPS) is 12.4. The molecule has 0 unspecified atom stereocenters. The van der Waals surface area contributed by atoms with Crippen molar-refractivity contribution in [2.24, 2.45) is 5.73 Å². The van der Waals surface area contributed by atoms with Crippen LogP contribution in [-0.4, -0.2) is 0 Å². The smallest absolute Gasteiger partial charge is 0.138 e. The molecule has 1 aliphatic rings. The van der Waals surface area contributed by atoms with Crippen molar-refractivity contribution >= 4 is 11.8 Å². The lowest BCUT2D eigenvalue weighted by Gasteiger charge is -1.95. The fourth-order valence-corrected chi connectivity index (χ4v) is 1.60. The van der Waals surface area contributed by atoms with E-state index in [-0.39, 0.29) is 5.57 Å². The van der Waals surface area contributed by atoms with Crippen LogP contribution in [-0.2, 0) is 0 Å². The number of hydrogen-bond donors (Lipinski definition) is 1. The molecule has 3 heteroatoms. The Balaban J connectivity index is 2.87. The summed E-state index contributed by atoms with van der Waals surface area (Å²) in [6.45, 7) is 0. The standard InChI is InChI=1S/C12H7N3/c13-6-9(7-14)11-5-8-3-1-2-4-10(8)12(11)15/h1-5H,15H2. The number of nitrogens with two attached hydrogens (primary N) is 1. The van der Waals surface area contributed by atoms with Crippen LogP contribution in [0, 0.1) is 22.7 Å². The van der Waals surface area contributed by atoms with Crippen LogP contribution < -0.4 is 16.2 Å². The van der Waals surface area contributed by atoms with Gasteiger partial charge in [0.25, 0.3) is 0 Å². The zero-order chi connectivity index (χ0) is 10.8. The van der Waals surface area contributed by atoms with Gasteiger partial charge in [0.1, 0.15) is 17.7 Å². The number of nitriles is 2. The average Bonchev–Trinajstić information content (AvgIpc) is 2.60. The van der Waals surface area contributed by atoms with Gasteiger partial charge in [-0.25, -0.2) is 0 Å². The lowest BCUT2D eigenvalue weighted by Crippen LogP contribution is -2.24. The molecule has 3 nitrogen and oxygen atoms in total. The van der Waals surface area contributed by atoms with Gasteiger partial charge in [-0.15, -0.1) is 0 Å². The first-order chi connectivity index (χ1) is 7.27. The molecule has 0 fully saturated rings. The highest BCUT2D eigenvalue weighted by Crippen LogP contribution is 2.13. The summed E-state index contributed by atoms with van der Waals surface area (Å²) in [5.74, 6) is 0. The fraction of sp³-hybridized carbons (Fsp3) is 0. The SMILES string of the molecule is N#CC(C#N)=C1C=c2ccccc2=C1N. The number of allylic oxidation sites excluding steroid dienone is 1. The number of rotatable bonds is 0. The van der Waals surface area contributed by atoms with E-state index in [1.807, 2.05) is 36.4 Å². The molecule has 0 spiro atoms. The summed E-state index contributed by atoms with van der Waals surface area (Å²) in [6, 6.07) is 11.2. The van der Waals surface area contributed by atoms with Crippen LogP contribution in [0.15, 0.2) is 35.4 Å². The lowest BCUT2D eigenvalue weighted by atomic mass is 10.1. The molecule has 2 rings (SSSR count). The average molecular weight is 193 g/mol. The van der Waals surface area contributed by atoms with Crippen LogP contribution >= 0.6 is 0 Å². The zero-order valence-corrected chi connectivity index (χ0v) is 7.86. The van der Waals surface area contributed by atoms with E-state index in [4.69, 9.17) is 16.3 Å². The number of hydrogen-bond acceptors (Lipinski definition) is 3. The van der Waals surface area contributed by atoms with Crippen molar-refractivity contribution in [3.8, 4) is 12.1 Å². The molecule has 0 aromatic heterocycles. The second kappa shape index (κ2) is 3.32. The van der Waals surface area contributed by atoms with Crippen molar-refractivity contribution in [1.82, 2.24) is 0 Å². The third-order valence-electron chi connectivity index (χ3n) is 2.33. The Morgan fingerprint density at radius 3 is 2.40 bits per heavy atom. The van der Waals surface area contributed by atoms with Gasteiger partial charge in [-0.2, -0.15) is 10.5 Å². The topological polar surface area (TPSA) is 73.6 Å². The molecule has 0 heterocycles. The van der Waals surface area contributed by atoms with Gasteiger partial charge in [0.15, 0.2) is 0 Å². The van der Waals surface area contributed by atoms with E-state index >= 15 is 0 Å². The van der Waals surface area contributed by atoms with Crippen molar-refractivity contribution in [1.29, 1.82) is 10.5 Å². The zero-order valence-electron chi connectivity index (χ0n) is 7.86. The van der Waals surface area contributed by atoms with E-state index in [1.165, 1.54) is 0 Å². The molecule has 70 valence electrons. The Hall–Kier alpha value is -2.52. The largest absolute Gasteiger partial charge is 0.398 e. The summed E-state index contributed by atoms with van der Waals surface area (Å²) < 4.78 is 0. The molecule has 1 aromatic carbocycles. The summed E-state index contributed by atoms with van der Waals surface area (Å²) in [4.78, 5) is 0. The van der Waals surface area contributed by atoms with Crippen molar-refractivity contribution in [3.63, 3.8) is 0 Å². The van der Waals surface area contributed by atoms with Gasteiger partial charge in [0, 0.05) is 16.5 Å². The first kappa shape index (κ1) is 9.05. The fourth-order valence-electron chi connectivity index (χ4n) is 1.60. The van der Waals surface area contributed by atoms with Crippen molar-refractivity contribution in [3.05, 3.63) is 45.8 Å². The minimum Gasteiger partial charge on any atom is -0.398 e. The third kappa shape index (κ3) is 1.27. The molecule has 15 heavy (non-hydrogen) atoms. The van der Waals surface area contributed by atoms with E-state index in [0.717, 1.165) is 10.4 Å². The number of fused-ring (bicyclic) bond motifs is 1.